The molecule has 0 N–H and O–H groups in total. The topological polar surface area (TPSA) is 59.4 Å². The molecular formula is C24H30N2O3. The van der Waals surface area contributed by atoms with E-state index in [1.54, 1.807) is 23.2 Å². The van der Waals surface area contributed by atoms with Crippen LogP contribution >= 0.6 is 0 Å². The van der Waals surface area contributed by atoms with Crippen molar-refractivity contribution in [3.05, 3.63) is 41.2 Å². The summed E-state index contributed by atoms with van der Waals surface area (Å²) >= 11 is 0. The smallest absolute Gasteiger partial charge is 0.266 e. The molecule has 1 saturated carbocycles. The zero-order valence-corrected chi connectivity index (χ0v) is 17.6. The van der Waals surface area contributed by atoms with Crippen LogP contribution in [0.15, 0.2) is 30.0 Å². The first-order valence-corrected chi connectivity index (χ1v) is 11.0. The van der Waals surface area contributed by atoms with Gasteiger partial charge in [-0.1, -0.05) is 31.9 Å². The molecule has 5 nitrogen and oxygen atoms in total. The highest BCUT2D eigenvalue weighted by atomic mass is 16.2. The molecule has 1 fully saturated rings. The van der Waals surface area contributed by atoms with Gasteiger partial charge in [-0.25, -0.2) is 0 Å². The summed E-state index contributed by atoms with van der Waals surface area (Å²) in [5, 5.41) is 0. The lowest BCUT2D eigenvalue weighted by molar-refractivity contribution is -0.123. The molecule has 0 spiro atoms. The van der Waals surface area contributed by atoms with Crippen molar-refractivity contribution in [3.63, 3.8) is 0 Å². The Hall–Kier alpha value is -2.43. The molecule has 1 aliphatic heterocycles. The fourth-order valence-corrected chi connectivity index (χ4v) is 5.45. The highest BCUT2D eigenvalue weighted by Crippen LogP contribution is 2.44. The van der Waals surface area contributed by atoms with Crippen LogP contribution in [0.5, 0.6) is 0 Å². The average molecular weight is 395 g/mol. The molecule has 154 valence electrons. The lowest BCUT2D eigenvalue weighted by Crippen LogP contribution is -2.39. The van der Waals surface area contributed by atoms with Crippen LogP contribution in [0.2, 0.25) is 0 Å². The van der Waals surface area contributed by atoms with Crippen LogP contribution in [-0.4, -0.2) is 40.2 Å². The Balaban J connectivity index is 1.65. The zero-order chi connectivity index (χ0) is 20.7. The minimum absolute atomic E-state index is 0.0475. The molecular weight excluding hydrogens is 364 g/mol. The number of aromatic nitrogens is 1. The van der Waals surface area contributed by atoms with E-state index >= 15 is 0 Å². The van der Waals surface area contributed by atoms with Gasteiger partial charge in [0.25, 0.3) is 11.8 Å². The van der Waals surface area contributed by atoms with Gasteiger partial charge in [-0.3, -0.25) is 19.0 Å². The molecule has 4 rings (SSSR count). The highest BCUT2D eigenvalue weighted by molar-refractivity contribution is 6.27. The lowest BCUT2D eigenvalue weighted by Gasteiger charge is -2.40. The molecule has 0 saturated heterocycles. The van der Waals surface area contributed by atoms with E-state index in [1.807, 2.05) is 13.8 Å². The van der Waals surface area contributed by atoms with Gasteiger partial charge in [-0.05, 0) is 56.6 Å². The van der Waals surface area contributed by atoms with Gasteiger partial charge in [0, 0.05) is 25.2 Å². The molecule has 1 unspecified atom stereocenters. The third kappa shape index (κ3) is 3.21. The van der Waals surface area contributed by atoms with E-state index in [0.717, 1.165) is 19.3 Å². The van der Waals surface area contributed by atoms with Crippen LogP contribution in [0.1, 0.15) is 67.3 Å². The van der Waals surface area contributed by atoms with Crippen molar-refractivity contribution in [2.75, 3.05) is 13.1 Å². The summed E-state index contributed by atoms with van der Waals surface area (Å²) in [5.41, 5.74) is 1.29. The zero-order valence-electron chi connectivity index (χ0n) is 17.6. The lowest BCUT2D eigenvalue weighted by atomic mass is 9.63. The average Bonchev–Trinajstić information content (AvgIpc) is 3.28. The van der Waals surface area contributed by atoms with Crippen LogP contribution in [0, 0.1) is 23.7 Å². The van der Waals surface area contributed by atoms with Gasteiger partial charge in [0.1, 0.15) is 0 Å². The Morgan fingerprint density at radius 2 is 1.86 bits per heavy atom. The number of carbonyl (C=O) groups is 3. The Morgan fingerprint density at radius 1 is 1.14 bits per heavy atom. The summed E-state index contributed by atoms with van der Waals surface area (Å²) < 4.78 is 1.46. The van der Waals surface area contributed by atoms with Crippen molar-refractivity contribution < 1.29 is 14.4 Å². The summed E-state index contributed by atoms with van der Waals surface area (Å²) in [7, 11) is 0. The van der Waals surface area contributed by atoms with E-state index in [4.69, 9.17) is 0 Å². The molecule has 4 atom stereocenters. The Labute approximate surface area is 172 Å². The van der Waals surface area contributed by atoms with Gasteiger partial charge in [-0.2, -0.15) is 0 Å². The van der Waals surface area contributed by atoms with E-state index in [0.29, 0.717) is 36.2 Å². The number of hydrogen-bond donors (Lipinski definition) is 0. The number of ketones is 1. The molecule has 2 aliphatic carbocycles. The van der Waals surface area contributed by atoms with Gasteiger partial charge in [0.15, 0.2) is 5.78 Å². The molecule has 29 heavy (non-hydrogen) atoms. The third-order valence-electron chi connectivity index (χ3n) is 7.07. The van der Waals surface area contributed by atoms with Crippen molar-refractivity contribution in [3.8, 4) is 0 Å². The number of nitrogens with zero attached hydrogens (tertiary/aromatic N) is 2. The van der Waals surface area contributed by atoms with Crippen molar-refractivity contribution >= 4 is 23.7 Å². The highest BCUT2D eigenvalue weighted by Gasteiger charge is 2.43. The van der Waals surface area contributed by atoms with Crippen LogP contribution in [0.4, 0.5) is 0 Å². The quantitative estimate of drug-likeness (QED) is 0.555. The fourth-order valence-electron chi connectivity index (χ4n) is 5.45. The molecule has 1 amide bonds. The SMILES string of the molecule is CCN(CC)C(=O)c1ccn2c1C=C(C(=O)C1[C@H]3CCCC[C@@H]3C=C[C@@H]1C)C2=O. The van der Waals surface area contributed by atoms with Crippen molar-refractivity contribution in [1.82, 2.24) is 9.47 Å². The first kappa shape index (κ1) is 19.9. The first-order valence-electron chi connectivity index (χ1n) is 11.0. The van der Waals surface area contributed by atoms with Gasteiger partial charge in [-0.15, -0.1) is 0 Å². The Bertz CT molecular complexity index is 903. The van der Waals surface area contributed by atoms with E-state index in [1.165, 1.54) is 11.0 Å². The number of rotatable bonds is 5. The largest absolute Gasteiger partial charge is 0.339 e. The number of hydrogen-bond acceptors (Lipinski definition) is 3. The monoisotopic (exact) mass is 394 g/mol. The number of carbonyl (C=O) groups excluding carboxylic acids is 3. The minimum Gasteiger partial charge on any atom is -0.339 e. The maximum Gasteiger partial charge on any atom is 0.266 e. The molecule has 1 aromatic heterocycles. The maximum absolute atomic E-state index is 13.5. The summed E-state index contributed by atoms with van der Waals surface area (Å²) in [5.74, 6) is 0.319. The van der Waals surface area contributed by atoms with Gasteiger partial charge in [0.2, 0.25) is 0 Å². The fraction of sp³-hybridized carbons (Fsp3) is 0.542. The minimum atomic E-state index is -0.294. The molecule has 0 bridgehead atoms. The predicted molar refractivity (Wildman–Crippen MR) is 113 cm³/mol. The molecule has 1 aromatic rings. The number of Topliss-reactive ketones (excluding diaryl/α,β-unsaturated/α-hetero) is 1. The van der Waals surface area contributed by atoms with Crippen LogP contribution in [-0.2, 0) is 4.79 Å². The van der Waals surface area contributed by atoms with Crippen LogP contribution in [0.25, 0.3) is 6.08 Å². The van der Waals surface area contributed by atoms with E-state index < -0.39 is 0 Å². The second kappa shape index (κ2) is 7.77. The number of fused-ring (bicyclic) bond motifs is 2. The van der Waals surface area contributed by atoms with E-state index in [9.17, 15) is 14.4 Å². The van der Waals surface area contributed by atoms with Gasteiger partial charge >= 0.3 is 0 Å². The maximum atomic E-state index is 13.5. The number of allylic oxidation sites excluding steroid dienone is 3. The predicted octanol–water partition coefficient (Wildman–Crippen LogP) is 4.20. The normalized spacial score (nSPS) is 28.0. The molecule has 2 heterocycles. The molecule has 3 aliphatic rings. The summed E-state index contributed by atoms with van der Waals surface area (Å²) in [4.78, 5) is 41.1. The molecule has 0 aromatic carbocycles. The molecule has 0 radical (unpaired) electrons. The first-order chi connectivity index (χ1) is 14.0. The Kier molecular flexibility index (Phi) is 5.32. The third-order valence-corrected chi connectivity index (χ3v) is 7.07. The molecule has 5 heteroatoms. The van der Waals surface area contributed by atoms with Crippen molar-refractivity contribution in [2.45, 2.75) is 46.5 Å². The van der Waals surface area contributed by atoms with Crippen molar-refractivity contribution in [2.24, 2.45) is 23.7 Å². The standard InChI is InChI=1S/C24H30N2O3/c1-4-25(5-2)23(28)18-12-13-26-20(18)14-19(24(26)29)22(27)21-15(3)10-11-16-8-6-7-9-17(16)21/h10-17,21H,4-9H2,1-3H3/t15-,16+,17-,21?/m0/s1. The Morgan fingerprint density at radius 3 is 2.59 bits per heavy atom. The second-order valence-corrected chi connectivity index (χ2v) is 8.57. The van der Waals surface area contributed by atoms with E-state index in [-0.39, 0.29) is 35.0 Å². The van der Waals surface area contributed by atoms with Crippen molar-refractivity contribution in [1.29, 1.82) is 0 Å². The van der Waals surface area contributed by atoms with Gasteiger partial charge in [0.05, 0.1) is 16.8 Å². The van der Waals surface area contributed by atoms with Crippen LogP contribution in [0.3, 0.4) is 0 Å². The summed E-state index contributed by atoms with van der Waals surface area (Å²) in [6.45, 7) is 7.18. The van der Waals surface area contributed by atoms with Gasteiger partial charge < -0.3 is 4.90 Å². The summed E-state index contributed by atoms with van der Waals surface area (Å²) in [6, 6.07) is 1.69. The number of amides is 1. The summed E-state index contributed by atoms with van der Waals surface area (Å²) in [6.07, 6.45) is 12.3. The second-order valence-electron chi connectivity index (χ2n) is 8.57. The van der Waals surface area contributed by atoms with Crippen LogP contribution < -0.4 is 0 Å². The van der Waals surface area contributed by atoms with E-state index in [2.05, 4.69) is 19.1 Å².